The molecule has 7 heteroatoms. The van der Waals surface area contributed by atoms with Gasteiger partial charge in [0.25, 0.3) is 0 Å². The molecule has 118 valence electrons. The quantitative estimate of drug-likeness (QED) is 0.848. The molecule has 1 N–H and O–H groups in total. The molecule has 1 rings (SSSR count). The lowest BCUT2D eigenvalue weighted by atomic mass is 10.1. The number of nitrogens with zero attached hydrogens (tertiary/aromatic N) is 2. The lowest BCUT2D eigenvalue weighted by Gasteiger charge is -2.35. The Labute approximate surface area is 129 Å². The van der Waals surface area contributed by atoms with Gasteiger partial charge in [0, 0.05) is 17.5 Å². The summed E-state index contributed by atoms with van der Waals surface area (Å²) < 4.78 is 4.91. The first-order valence-electron chi connectivity index (χ1n) is 6.96. The van der Waals surface area contributed by atoms with Gasteiger partial charge in [-0.1, -0.05) is 0 Å². The number of rotatable bonds is 5. The average molecular weight is 313 g/mol. The Bertz CT molecular complexity index is 494. The van der Waals surface area contributed by atoms with Crippen LogP contribution in [-0.4, -0.2) is 40.6 Å². The van der Waals surface area contributed by atoms with E-state index < -0.39 is 5.97 Å². The number of esters is 1. The largest absolute Gasteiger partial charge is 0.461 e. The van der Waals surface area contributed by atoms with Crippen LogP contribution in [0.15, 0.2) is 5.38 Å². The Kier molecular flexibility index (Phi) is 6.14. The van der Waals surface area contributed by atoms with Gasteiger partial charge in [-0.25, -0.2) is 14.6 Å². The van der Waals surface area contributed by atoms with Crippen LogP contribution >= 0.6 is 11.3 Å². The predicted molar refractivity (Wildman–Crippen MR) is 82.4 cm³/mol. The topological polar surface area (TPSA) is 71.5 Å². The first-order valence-corrected chi connectivity index (χ1v) is 7.84. The van der Waals surface area contributed by atoms with Crippen molar-refractivity contribution in [2.45, 2.75) is 46.7 Å². The third-order valence-electron chi connectivity index (χ3n) is 2.71. The second kappa shape index (κ2) is 7.40. The van der Waals surface area contributed by atoms with E-state index in [1.807, 2.05) is 27.7 Å². The van der Waals surface area contributed by atoms with Gasteiger partial charge in [0.05, 0.1) is 13.2 Å². The molecule has 1 heterocycles. The second-order valence-electron chi connectivity index (χ2n) is 5.44. The van der Waals surface area contributed by atoms with Gasteiger partial charge in [0.1, 0.15) is 5.01 Å². The van der Waals surface area contributed by atoms with Crippen molar-refractivity contribution in [3.8, 4) is 0 Å². The van der Waals surface area contributed by atoms with Crippen molar-refractivity contribution < 1.29 is 14.3 Å². The van der Waals surface area contributed by atoms with E-state index in [4.69, 9.17) is 4.74 Å². The van der Waals surface area contributed by atoms with Crippen LogP contribution in [0, 0.1) is 0 Å². The van der Waals surface area contributed by atoms with E-state index >= 15 is 0 Å². The Morgan fingerprint density at radius 3 is 2.57 bits per heavy atom. The summed E-state index contributed by atoms with van der Waals surface area (Å²) in [5.41, 5.74) is -0.0451. The summed E-state index contributed by atoms with van der Waals surface area (Å²) in [5.74, 6) is -0.430. The molecule has 21 heavy (non-hydrogen) atoms. The van der Waals surface area contributed by atoms with Crippen molar-refractivity contribution in [1.82, 2.24) is 15.2 Å². The van der Waals surface area contributed by atoms with Gasteiger partial charge in [-0.2, -0.15) is 0 Å². The number of aromatic nitrogens is 1. The minimum Gasteiger partial charge on any atom is -0.461 e. The number of amides is 2. The SMILES string of the molecule is CCNC(=O)N(Cc1nc(C(=O)OCC)cs1)C(C)(C)C. The molecule has 0 atom stereocenters. The normalized spacial score (nSPS) is 11.1. The maximum Gasteiger partial charge on any atom is 0.357 e. The molecule has 0 aliphatic carbocycles. The van der Waals surface area contributed by atoms with Crippen LogP contribution in [0.5, 0.6) is 0 Å². The lowest BCUT2D eigenvalue weighted by molar-refractivity contribution is 0.0520. The molecule has 2 amide bonds. The van der Waals surface area contributed by atoms with Gasteiger partial charge >= 0.3 is 12.0 Å². The van der Waals surface area contributed by atoms with Crippen LogP contribution < -0.4 is 5.32 Å². The Morgan fingerprint density at radius 1 is 1.38 bits per heavy atom. The Morgan fingerprint density at radius 2 is 2.05 bits per heavy atom. The zero-order valence-electron chi connectivity index (χ0n) is 13.2. The number of hydrogen-bond donors (Lipinski definition) is 1. The lowest BCUT2D eigenvalue weighted by Crippen LogP contribution is -2.49. The maximum absolute atomic E-state index is 12.1. The first kappa shape index (κ1) is 17.4. The summed E-state index contributed by atoms with van der Waals surface area (Å²) in [7, 11) is 0. The number of carbonyl (C=O) groups excluding carboxylic acids is 2. The monoisotopic (exact) mass is 313 g/mol. The zero-order chi connectivity index (χ0) is 16.0. The standard InChI is InChI=1S/C14H23N3O3S/c1-6-15-13(19)17(14(3,4)5)8-11-16-10(9-21-11)12(18)20-7-2/h9H,6-8H2,1-5H3,(H,15,19). The molecule has 0 aromatic carbocycles. The molecule has 0 saturated carbocycles. The molecule has 0 aliphatic rings. The van der Waals surface area contributed by atoms with Crippen molar-refractivity contribution in [3.63, 3.8) is 0 Å². The number of nitrogens with one attached hydrogen (secondary N) is 1. The van der Waals surface area contributed by atoms with Gasteiger partial charge < -0.3 is 15.0 Å². The van der Waals surface area contributed by atoms with Crippen LogP contribution in [-0.2, 0) is 11.3 Å². The Hall–Kier alpha value is -1.63. The highest BCUT2D eigenvalue weighted by Crippen LogP contribution is 2.20. The van der Waals surface area contributed by atoms with Crippen molar-refractivity contribution >= 4 is 23.3 Å². The van der Waals surface area contributed by atoms with Gasteiger partial charge in [-0.3, -0.25) is 0 Å². The molecular weight excluding hydrogens is 290 g/mol. The number of thiazole rings is 1. The highest BCUT2D eigenvalue weighted by atomic mass is 32.1. The highest BCUT2D eigenvalue weighted by molar-refractivity contribution is 7.09. The molecule has 0 fully saturated rings. The van der Waals surface area contributed by atoms with Crippen LogP contribution in [0.4, 0.5) is 4.79 Å². The summed E-state index contributed by atoms with van der Waals surface area (Å²) in [6.07, 6.45) is 0. The highest BCUT2D eigenvalue weighted by Gasteiger charge is 2.27. The molecule has 0 bridgehead atoms. The van der Waals surface area contributed by atoms with Crippen molar-refractivity contribution in [3.05, 3.63) is 16.1 Å². The maximum atomic E-state index is 12.1. The summed E-state index contributed by atoms with van der Waals surface area (Å²) in [4.78, 5) is 29.7. The van der Waals surface area contributed by atoms with Crippen LogP contribution in [0.3, 0.4) is 0 Å². The number of urea groups is 1. The smallest absolute Gasteiger partial charge is 0.357 e. The van der Waals surface area contributed by atoms with Crippen LogP contribution in [0.2, 0.25) is 0 Å². The summed E-state index contributed by atoms with van der Waals surface area (Å²) in [6, 6.07) is -0.141. The molecule has 1 aromatic rings. The fraction of sp³-hybridized carbons (Fsp3) is 0.643. The fourth-order valence-electron chi connectivity index (χ4n) is 1.68. The number of ether oxygens (including phenoxy) is 1. The van der Waals surface area contributed by atoms with Gasteiger partial charge in [-0.05, 0) is 34.6 Å². The van der Waals surface area contributed by atoms with E-state index in [1.54, 1.807) is 17.2 Å². The van der Waals surface area contributed by atoms with E-state index in [0.29, 0.717) is 30.4 Å². The fourth-order valence-corrected chi connectivity index (χ4v) is 2.43. The van der Waals surface area contributed by atoms with Crippen LogP contribution in [0.25, 0.3) is 0 Å². The molecule has 0 unspecified atom stereocenters. The molecule has 0 saturated heterocycles. The van der Waals surface area contributed by atoms with E-state index in [0.717, 1.165) is 0 Å². The number of hydrogen-bond acceptors (Lipinski definition) is 5. The minimum absolute atomic E-state index is 0.141. The minimum atomic E-state index is -0.430. The van der Waals surface area contributed by atoms with Gasteiger partial charge in [0.15, 0.2) is 5.69 Å². The Balaban J connectivity index is 2.85. The summed E-state index contributed by atoms with van der Waals surface area (Å²) in [6.45, 7) is 10.8. The van der Waals surface area contributed by atoms with Crippen molar-refractivity contribution in [1.29, 1.82) is 0 Å². The van der Waals surface area contributed by atoms with E-state index in [-0.39, 0.29) is 11.6 Å². The van der Waals surface area contributed by atoms with E-state index in [9.17, 15) is 9.59 Å². The third kappa shape index (κ3) is 5.00. The molecule has 0 spiro atoms. The molecule has 0 radical (unpaired) electrons. The predicted octanol–water partition coefficient (Wildman–Crippen LogP) is 2.65. The molecule has 0 aliphatic heterocycles. The second-order valence-corrected chi connectivity index (χ2v) is 6.38. The first-order chi connectivity index (χ1) is 9.79. The summed E-state index contributed by atoms with van der Waals surface area (Å²) in [5, 5.41) is 5.16. The summed E-state index contributed by atoms with van der Waals surface area (Å²) >= 11 is 1.35. The molecule has 1 aromatic heterocycles. The third-order valence-corrected chi connectivity index (χ3v) is 3.55. The molecule has 6 nitrogen and oxygen atoms in total. The van der Waals surface area contributed by atoms with Gasteiger partial charge in [0.2, 0.25) is 0 Å². The van der Waals surface area contributed by atoms with Crippen molar-refractivity contribution in [2.24, 2.45) is 0 Å². The van der Waals surface area contributed by atoms with E-state index in [1.165, 1.54) is 11.3 Å². The van der Waals surface area contributed by atoms with Crippen LogP contribution in [0.1, 0.15) is 50.1 Å². The van der Waals surface area contributed by atoms with E-state index in [2.05, 4.69) is 10.3 Å². The van der Waals surface area contributed by atoms with Gasteiger partial charge in [-0.15, -0.1) is 11.3 Å². The number of carbonyl (C=O) groups is 2. The molecular formula is C14H23N3O3S. The average Bonchev–Trinajstić information content (AvgIpc) is 2.83. The zero-order valence-corrected chi connectivity index (χ0v) is 14.0. The van der Waals surface area contributed by atoms with Crippen molar-refractivity contribution in [2.75, 3.05) is 13.2 Å².